The molecule has 6 nitrogen and oxygen atoms in total. The summed E-state index contributed by atoms with van der Waals surface area (Å²) in [6.07, 6.45) is 1.30. The lowest BCUT2D eigenvalue weighted by molar-refractivity contribution is 0.0607. The first kappa shape index (κ1) is 11.3. The molecule has 0 radical (unpaired) electrons. The van der Waals surface area contributed by atoms with Gasteiger partial charge in [0.1, 0.15) is 11.1 Å². The largest absolute Gasteiger partial charge is 0.465 e. The molecule has 2 rings (SSSR count). The number of carbonyl (C=O) groups excluding carboxylic acids is 2. The summed E-state index contributed by atoms with van der Waals surface area (Å²) in [7, 11) is 1.28. The molecule has 0 fully saturated rings. The maximum Gasteiger partial charge on any atom is 0.350 e. The molecule has 0 saturated carbocycles. The van der Waals surface area contributed by atoms with E-state index in [-0.39, 0.29) is 5.69 Å². The number of amides is 1. The molecule has 17 heavy (non-hydrogen) atoms. The van der Waals surface area contributed by atoms with Crippen LogP contribution in [0.4, 0.5) is 5.69 Å². The zero-order valence-electron chi connectivity index (χ0n) is 8.80. The van der Waals surface area contributed by atoms with E-state index in [9.17, 15) is 9.59 Å². The highest BCUT2D eigenvalue weighted by Gasteiger charge is 2.17. The highest BCUT2D eigenvalue weighted by atomic mass is 32.1. The summed E-state index contributed by atoms with van der Waals surface area (Å²) in [5.41, 5.74) is 0.543. The number of nitrogens with one attached hydrogen (secondary N) is 1. The number of thiophene rings is 1. The summed E-state index contributed by atoms with van der Waals surface area (Å²) in [5.74, 6) is -0.933. The smallest absolute Gasteiger partial charge is 0.350 e. The van der Waals surface area contributed by atoms with Crippen LogP contribution in [0.15, 0.2) is 28.3 Å². The number of rotatable bonds is 3. The number of esters is 1. The Morgan fingerprint density at radius 2 is 2.29 bits per heavy atom. The van der Waals surface area contributed by atoms with Crippen molar-refractivity contribution in [3.05, 3.63) is 34.3 Å². The highest BCUT2D eigenvalue weighted by molar-refractivity contribution is 7.12. The average Bonchev–Trinajstić information content (AvgIpc) is 2.98. The third-order valence-corrected chi connectivity index (χ3v) is 2.85. The van der Waals surface area contributed by atoms with Crippen LogP contribution < -0.4 is 5.32 Å². The van der Waals surface area contributed by atoms with Crippen LogP contribution in [0.25, 0.3) is 0 Å². The van der Waals surface area contributed by atoms with Crippen LogP contribution >= 0.6 is 11.3 Å². The van der Waals surface area contributed by atoms with Gasteiger partial charge in [0, 0.05) is 6.07 Å². The quantitative estimate of drug-likeness (QED) is 0.842. The van der Waals surface area contributed by atoms with Crippen LogP contribution in [0.2, 0.25) is 0 Å². The monoisotopic (exact) mass is 252 g/mol. The minimum Gasteiger partial charge on any atom is -0.465 e. The molecule has 2 aromatic rings. The van der Waals surface area contributed by atoms with E-state index in [2.05, 4.69) is 19.7 Å². The third kappa shape index (κ3) is 2.34. The maximum absolute atomic E-state index is 11.7. The van der Waals surface area contributed by atoms with Gasteiger partial charge in [-0.15, -0.1) is 11.3 Å². The molecule has 2 aromatic heterocycles. The van der Waals surface area contributed by atoms with E-state index < -0.39 is 11.9 Å². The van der Waals surface area contributed by atoms with Gasteiger partial charge in [-0.05, 0) is 11.4 Å². The predicted molar refractivity (Wildman–Crippen MR) is 60.1 cm³/mol. The summed E-state index contributed by atoms with van der Waals surface area (Å²) in [6.45, 7) is 0. The van der Waals surface area contributed by atoms with E-state index in [0.29, 0.717) is 10.6 Å². The van der Waals surface area contributed by atoms with Crippen molar-refractivity contribution in [3.8, 4) is 0 Å². The first-order valence-electron chi connectivity index (χ1n) is 4.60. The molecule has 0 aromatic carbocycles. The fourth-order valence-corrected chi connectivity index (χ4v) is 1.94. The predicted octanol–water partition coefficient (Wildman–Crippen LogP) is 1.77. The summed E-state index contributed by atoms with van der Waals surface area (Å²) in [4.78, 5) is 23.4. The Morgan fingerprint density at radius 3 is 2.94 bits per heavy atom. The molecule has 0 atom stereocenters. The Labute approximate surface area is 100 Å². The minimum absolute atomic E-state index is 0.145. The van der Waals surface area contributed by atoms with Crippen molar-refractivity contribution >= 4 is 28.9 Å². The van der Waals surface area contributed by atoms with Crippen molar-refractivity contribution in [2.75, 3.05) is 12.4 Å². The summed E-state index contributed by atoms with van der Waals surface area (Å²) >= 11 is 1.19. The molecular weight excluding hydrogens is 244 g/mol. The van der Waals surface area contributed by atoms with Gasteiger partial charge in [-0.25, -0.2) is 4.79 Å². The van der Waals surface area contributed by atoms with Crippen LogP contribution in [-0.4, -0.2) is 24.1 Å². The summed E-state index contributed by atoms with van der Waals surface area (Å²) in [6, 6.07) is 3.05. The third-order valence-electron chi connectivity index (χ3n) is 1.95. The van der Waals surface area contributed by atoms with Crippen LogP contribution in [-0.2, 0) is 4.74 Å². The molecular formula is C10H8N2O4S. The molecule has 0 aliphatic heterocycles. The van der Waals surface area contributed by atoms with Gasteiger partial charge in [0.25, 0.3) is 5.91 Å². The van der Waals surface area contributed by atoms with Crippen molar-refractivity contribution in [2.45, 2.75) is 0 Å². The van der Waals surface area contributed by atoms with Gasteiger partial charge in [0.15, 0.2) is 5.69 Å². The summed E-state index contributed by atoms with van der Waals surface area (Å²) in [5, 5.41) is 7.73. The van der Waals surface area contributed by atoms with E-state index in [1.807, 2.05) is 0 Å². The lowest BCUT2D eigenvalue weighted by Crippen LogP contribution is -2.14. The van der Waals surface area contributed by atoms with E-state index in [0.717, 1.165) is 0 Å². The van der Waals surface area contributed by atoms with Crippen LogP contribution in [0, 0.1) is 0 Å². The Balaban J connectivity index is 2.17. The van der Waals surface area contributed by atoms with Gasteiger partial charge >= 0.3 is 5.97 Å². The maximum atomic E-state index is 11.7. The van der Waals surface area contributed by atoms with Gasteiger partial charge in [0.05, 0.1) is 12.8 Å². The van der Waals surface area contributed by atoms with Gasteiger partial charge in [-0.2, -0.15) is 0 Å². The molecule has 0 aliphatic rings. The molecule has 0 unspecified atom stereocenters. The highest BCUT2D eigenvalue weighted by Crippen LogP contribution is 2.23. The second kappa shape index (κ2) is 4.79. The van der Waals surface area contributed by atoms with Crippen LogP contribution in [0.5, 0.6) is 0 Å². The number of aromatic nitrogens is 1. The fraction of sp³-hybridized carbons (Fsp3) is 0.100. The second-order valence-corrected chi connectivity index (χ2v) is 3.91. The van der Waals surface area contributed by atoms with Crippen molar-refractivity contribution < 1.29 is 18.8 Å². The molecule has 2 heterocycles. The van der Waals surface area contributed by atoms with Crippen molar-refractivity contribution in [2.24, 2.45) is 0 Å². The van der Waals surface area contributed by atoms with E-state index in [4.69, 9.17) is 0 Å². The SMILES string of the molecule is COC(=O)c1sccc1NC(=O)c1ccon1. The Bertz CT molecular complexity index is 532. The number of nitrogens with zero attached hydrogens (tertiary/aromatic N) is 1. The zero-order chi connectivity index (χ0) is 12.3. The van der Waals surface area contributed by atoms with Crippen molar-refractivity contribution in [1.82, 2.24) is 5.16 Å². The van der Waals surface area contributed by atoms with E-state index in [1.165, 1.54) is 30.8 Å². The number of ether oxygens (including phenoxy) is 1. The van der Waals surface area contributed by atoms with Crippen molar-refractivity contribution in [1.29, 1.82) is 0 Å². The molecule has 7 heteroatoms. The topological polar surface area (TPSA) is 81.4 Å². The van der Waals surface area contributed by atoms with Gasteiger partial charge in [-0.3, -0.25) is 4.79 Å². The molecule has 1 N–H and O–H groups in total. The average molecular weight is 252 g/mol. The lowest BCUT2D eigenvalue weighted by Gasteiger charge is -2.02. The minimum atomic E-state index is -0.490. The van der Waals surface area contributed by atoms with Gasteiger partial charge < -0.3 is 14.6 Å². The Hall–Kier alpha value is -2.15. The Morgan fingerprint density at radius 1 is 1.47 bits per heavy atom. The molecule has 88 valence electrons. The molecule has 0 bridgehead atoms. The zero-order valence-corrected chi connectivity index (χ0v) is 9.61. The number of anilines is 1. The number of hydrogen-bond acceptors (Lipinski definition) is 6. The molecule has 0 aliphatic carbocycles. The second-order valence-electron chi connectivity index (χ2n) is 2.99. The number of hydrogen-bond donors (Lipinski definition) is 1. The lowest BCUT2D eigenvalue weighted by atomic mass is 10.3. The van der Waals surface area contributed by atoms with Crippen LogP contribution in [0.3, 0.4) is 0 Å². The first-order valence-corrected chi connectivity index (χ1v) is 5.48. The van der Waals surface area contributed by atoms with Crippen molar-refractivity contribution in [3.63, 3.8) is 0 Å². The standard InChI is InChI=1S/C10H8N2O4S/c1-15-10(14)8-6(3-5-17-8)11-9(13)7-2-4-16-12-7/h2-5H,1H3,(H,11,13). The number of carbonyl (C=O) groups is 2. The first-order chi connectivity index (χ1) is 8.22. The van der Waals surface area contributed by atoms with E-state index in [1.54, 1.807) is 11.4 Å². The normalized spacial score (nSPS) is 9.94. The molecule has 0 spiro atoms. The Kier molecular flexibility index (Phi) is 3.20. The van der Waals surface area contributed by atoms with Gasteiger partial charge in [0.2, 0.25) is 0 Å². The molecule has 1 amide bonds. The van der Waals surface area contributed by atoms with E-state index >= 15 is 0 Å². The molecule has 0 saturated heterocycles. The number of methoxy groups -OCH3 is 1. The fourth-order valence-electron chi connectivity index (χ4n) is 1.17. The summed E-state index contributed by atoms with van der Waals surface area (Å²) < 4.78 is 9.15. The van der Waals surface area contributed by atoms with Crippen LogP contribution in [0.1, 0.15) is 20.2 Å². The van der Waals surface area contributed by atoms with Gasteiger partial charge in [-0.1, -0.05) is 5.16 Å².